The predicted molar refractivity (Wildman–Crippen MR) is 73.1 cm³/mol. The van der Waals surface area contributed by atoms with E-state index in [1.54, 1.807) is 0 Å². The Labute approximate surface area is 103 Å². The van der Waals surface area contributed by atoms with Gasteiger partial charge in [0, 0.05) is 17.6 Å². The Kier molecular flexibility index (Phi) is 4.10. The van der Waals surface area contributed by atoms with Gasteiger partial charge in [0.15, 0.2) is 0 Å². The summed E-state index contributed by atoms with van der Waals surface area (Å²) in [6.45, 7) is 2.23. The lowest BCUT2D eigenvalue weighted by Gasteiger charge is -2.17. The van der Waals surface area contributed by atoms with Crippen molar-refractivity contribution in [2.45, 2.75) is 32.2 Å². The number of pyridine rings is 1. The van der Waals surface area contributed by atoms with Crippen molar-refractivity contribution in [3.05, 3.63) is 42.2 Å². The molecule has 2 aromatic rings. The van der Waals surface area contributed by atoms with Gasteiger partial charge in [0.2, 0.25) is 0 Å². The molecule has 0 bridgehead atoms. The van der Waals surface area contributed by atoms with Crippen LogP contribution in [-0.4, -0.2) is 12.0 Å². The average molecular weight is 228 g/mol. The van der Waals surface area contributed by atoms with Crippen molar-refractivity contribution in [1.29, 1.82) is 0 Å². The van der Waals surface area contributed by atoms with E-state index in [0.29, 0.717) is 6.04 Å². The molecule has 2 rings (SSSR count). The van der Waals surface area contributed by atoms with Crippen molar-refractivity contribution in [1.82, 2.24) is 10.3 Å². The van der Waals surface area contributed by atoms with Gasteiger partial charge in [-0.25, -0.2) is 0 Å². The van der Waals surface area contributed by atoms with Crippen LogP contribution in [0.25, 0.3) is 10.8 Å². The predicted octanol–water partition coefficient (Wildman–Crippen LogP) is 3.69. The first kappa shape index (κ1) is 12.1. The minimum absolute atomic E-state index is 0.362. The summed E-state index contributed by atoms with van der Waals surface area (Å²) in [7, 11) is 2.02. The molecule has 0 amide bonds. The summed E-state index contributed by atoms with van der Waals surface area (Å²) in [5, 5.41) is 5.92. The molecule has 1 unspecified atom stereocenters. The summed E-state index contributed by atoms with van der Waals surface area (Å²) >= 11 is 0. The van der Waals surface area contributed by atoms with Gasteiger partial charge in [0.1, 0.15) is 0 Å². The molecular weight excluding hydrogens is 208 g/mol. The maximum Gasteiger partial charge on any atom is 0.0651 e. The van der Waals surface area contributed by atoms with Crippen LogP contribution >= 0.6 is 0 Å². The van der Waals surface area contributed by atoms with E-state index in [-0.39, 0.29) is 0 Å². The lowest BCUT2D eigenvalue weighted by Crippen LogP contribution is -2.17. The van der Waals surface area contributed by atoms with Gasteiger partial charge in [-0.15, -0.1) is 0 Å². The fourth-order valence-electron chi connectivity index (χ4n) is 2.25. The molecule has 2 heteroatoms. The van der Waals surface area contributed by atoms with Gasteiger partial charge >= 0.3 is 0 Å². The first-order valence-corrected chi connectivity index (χ1v) is 6.37. The minimum atomic E-state index is 0.362. The van der Waals surface area contributed by atoms with E-state index in [2.05, 4.69) is 47.6 Å². The molecule has 0 radical (unpaired) electrons. The Balaban J connectivity index is 2.38. The molecule has 17 heavy (non-hydrogen) atoms. The second kappa shape index (κ2) is 5.78. The van der Waals surface area contributed by atoms with Crippen LogP contribution in [0.4, 0.5) is 0 Å². The summed E-state index contributed by atoms with van der Waals surface area (Å²) in [5.41, 5.74) is 1.18. The van der Waals surface area contributed by atoms with E-state index in [9.17, 15) is 0 Å². The van der Waals surface area contributed by atoms with Gasteiger partial charge < -0.3 is 5.32 Å². The monoisotopic (exact) mass is 228 g/mol. The molecule has 0 saturated carbocycles. The van der Waals surface area contributed by atoms with Gasteiger partial charge in [0.05, 0.1) is 5.69 Å². The Morgan fingerprint density at radius 3 is 2.82 bits per heavy atom. The van der Waals surface area contributed by atoms with Crippen molar-refractivity contribution in [3.63, 3.8) is 0 Å². The third kappa shape index (κ3) is 2.64. The number of aromatic nitrogens is 1. The minimum Gasteiger partial charge on any atom is -0.312 e. The van der Waals surface area contributed by atoms with Crippen LogP contribution in [-0.2, 0) is 0 Å². The van der Waals surface area contributed by atoms with Crippen molar-refractivity contribution >= 4 is 10.8 Å². The molecule has 0 aliphatic carbocycles. The highest BCUT2D eigenvalue weighted by molar-refractivity contribution is 5.84. The molecule has 1 heterocycles. The highest BCUT2D eigenvalue weighted by Gasteiger charge is 2.12. The Morgan fingerprint density at radius 1 is 1.24 bits per heavy atom. The fourth-order valence-corrected chi connectivity index (χ4v) is 2.25. The average Bonchev–Trinajstić information content (AvgIpc) is 2.40. The largest absolute Gasteiger partial charge is 0.312 e. The van der Waals surface area contributed by atoms with Crippen molar-refractivity contribution in [2.75, 3.05) is 7.05 Å². The fraction of sp³-hybridized carbons (Fsp3) is 0.400. The SMILES string of the molecule is CCCCC(NC)c1nccc2ccccc12. The highest BCUT2D eigenvalue weighted by Crippen LogP contribution is 2.25. The lowest BCUT2D eigenvalue weighted by molar-refractivity contribution is 0.515. The van der Waals surface area contributed by atoms with E-state index >= 15 is 0 Å². The van der Waals surface area contributed by atoms with Crippen molar-refractivity contribution < 1.29 is 0 Å². The second-order valence-electron chi connectivity index (χ2n) is 4.40. The zero-order valence-electron chi connectivity index (χ0n) is 10.6. The number of hydrogen-bond acceptors (Lipinski definition) is 2. The number of nitrogens with one attached hydrogen (secondary N) is 1. The van der Waals surface area contributed by atoms with E-state index < -0.39 is 0 Å². The Morgan fingerprint density at radius 2 is 2.06 bits per heavy atom. The van der Waals surface area contributed by atoms with Crippen LogP contribution in [0.3, 0.4) is 0 Å². The number of nitrogens with zero attached hydrogens (tertiary/aromatic N) is 1. The summed E-state index contributed by atoms with van der Waals surface area (Å²) < 4.78 is 0. The van der Waals surface area contributed by atoms with Crippen LogP contribution < -0.4 is 5.32 Å². The molecule has 0 saturated heterocycles. The van der Waals surface area contributed by atoms with Crippen molar-refractivity contribution in [3.8, 4) is 0 Å². The summed E-state index contributed by atoms with van der Waals surface area (Å²) in [5.74, 6) is 0. The second-order valence-corrected chi connectivity index (χ2v) is 4.40. The molecule has 0 spiro atoms. The summed E-state index contributed by atoms with van der Waals surface area (Å²) in [6.07, 6.45) is 5.52. The van der Waals surface area contributed by atoms with Crippen LogP contribution in [0.2, 0.25) is 0 Å². The van der Waals surface area contributed by atoms with E-state index in [1.165, 1.54) is 29.3 Å². The standard InChI is InChI=1S/C15H20N2/c1-3-4-9-14(16-2)15-13-8-6-5-7-12(13)10-11-17-15/h5-8,10-11,14,16H,3-4,9H2,1-2H3. The smallest absolute Gasteiger partial charge is 0.0651 e. The van der Waals surface area contributed by atoms with Crippen molar-refractivity contribution in [2.24, 2.45) is 0 Å². The molecule has 90 valence electrons. The van der Waals surface area contributed by atoms with Crippen LogP contribution in [0.15, 0.2) is 36.5 Å². The Bertz CT molecular complexity index is 474. The van der Waals surface area contributed by atoms with Crippen LogP contribution in [0, 0.1) is 0 Å². The zero-order valence-corrected chi connectivity index (χ0v) is 10.6. The molecule has 1 atom stereocenters. The lowest BCUT2D eigenvalue weighted by atomic mass is 10.0. The Hall–Kier alpha value is -1.41. The number of hydrogen-bond donors (Lipinski definition) is 1. The van der Waals surface area contributed by atoms with E-state index in [1.807, 2.05) is 13.2 Å². The third-order valence-electron chi connectivity index (χ3n) is 3.23. The van der Waals surface area contributed by atoms with Gasteiger partial charge in [-0.3, -0.25) is 4.98 Å². The van der Waals surface area contributed by atoms with Crippen LogP contribution in [0.1, 0.15) is 37.9 Å². The zero-order chi connectivity index (χ0) is 12.1. The molecule has 1 aromatic heterocycles. The molecule has 0 aliphatic rings. The van der Waals surface area contributed by atoms with E-state index in [0.717, 1.165) is 6.42 Å². The normalized spacial score (nSPS) is 12.8. The first-order valence-electron chi connectivity index (χ1n) is 6.37. The summed E-state index contributed by atoms with van der Waals surface area (Å²) in [4.78, 5) is 4.57. The number of benzene rings is 1. The van der Waals surface area contributed by atoms with Gasteiger partial charge in [0.25, 0.3) is 0 Å². The molecule has 1 N–H and O–H groups in total. The molecule has 2 nitrogen and oxygen atoms in total. The molecular formula is C15H20N2. The summed E-state index contributed by atoms with van der Waals surface area (Å²) in [6, 6.07) is 10.9. The third-order valence-corrected chi connectivity index (χ3v) is 3.23. The number of fused-ring (bicyclic) bond motifs is 1. The van der Waals surface area contributed by atoms with Gasteiger partial charge in [-0.1, -0.05) is 44.0 Å². The number of unbranched alkanes of at least 4 members (excludes halogenated alkanes) is 1. The quantitative estimate of drug-likeness (QED) is 0.844. The maximum atomic E-state index is 4.57. The van der Waals surface area contributed by atoms with E-state index in [4.69, 9.17) is 0 Å². The van der Waals surface area contributed by atoms with Gasteiger partial charge in [-0.2, -0.15) is 0 Å². The maximum absolute atomic E-state index is 4.57. The van der Waals surface area contributed by atoms with Crippen LogP contribution in [0.5, 0.6) is 0 Å². The topological polar surface area (TPSA) is 24.9 Å². The molecule has 0 fully saturated rings. The highest BCUT2D eigenvalue weighted by atomic mass is 14.9. The molecule has 1 aromatic carbocycles. The number of rotatable bonds is 5. The molecule has 0 aliphatic heterocycles. The first-order chi connectivity index (χ1) is 8.36. The van der Waals surface area contributed by atoms with Gasteiger partial charge in [-0.05, 0) is 24.9 Å².